The Balaban J connectivity index is 2.00. The number of nitriles is 1. The lowest BCUT2D eigenvalue weighted by Gasteiger charge is -2.39. The number of nitrogens with zero attached hydrogens (tertiary/aromatic N) is 2. The van der Waals surface area contributed by atoms with Gasteiger partial charge in [-0.15, -0.1) is 0 Å². The second kappa shape index (κ2) is 4.36. The number of hydrogen-bond donors (Lipinski definition) is 1. The van der Waals surface area contributed by atoms with Crippen LogP contribution in [0.25, 0.3) is 0 Å². The van der Waals surface area contributed by atoms with Gasteiger partial charge in [-0.1, -0.05) is 11.6 Å². The number of nitrogens with one attached hydrogen (secondary N) is 1. The fourth-order valence-corrected chi connectivity index (χ4v) is 3.88. The van der Waals surface area contributed by atoms with Gasteiger partial charge in [0.2, 0.25) is 0 Å². The first-order chi connectivity index (χ1) is 9.00. The largest absolute Gasteiger partial charge is 0.369 e. The minimum Gasteiger partial charge on any atom is -0.369 e. The summed E-state index contributed by atoms with van der Waals surface area (Å²) in [5, 5.41) is 13.4. The zero-order chi connectivity index (χ0) is 13.7. The summed E-state index contributed by atoms with van der Waals surface area (Å²) in [6.45, 7) is 2.94. The van der Waals surface area contributed by atoms with Crippen LogP contribution in [0.2, 0.25) is 5.02 Å². The summed E-state index contributed by atoms with van der Waals surface area (Å²) < 4.78 is 0.851. The highest BCUT2D eigenvalue weighted by Crippen LogP contribution is 2.53. The number of fused-ring (bicyclic) bond motifs is 2. The number of rotatable bonds is 0. The van der Waals surface area contributed by atoms with E-state index in [1.165, 1.54) is 0 Å². The summed E-state index contributed by atoms with van der Waals surface area (Å²) >= 11 is 9.93. The van der Waals surface area contributed by atoms with Gasteiger partial charge in [-0.2, -0.15) is 5.26 Å². The summed E-state index contributed by atoms with van der Waals surface area (Å²) in [6.07, 6.45) is 5.58. The molecular formula is C14H15BrClN3. The lowest BCUT2D eigenvalue weighted by atomic mass is 9.63. The zero-order valence-electron chi connectivity index (χ0n) is 10.8. The van der Waals surface area contributed by atoms with Gasteiger partial charge in [0.05, 0.1) is 21.0 Å². The van der Waals surface area contributed by atoms with E-state index in [2.05, 4.69) is 39.2 Å². The van der Waals surface area contributed by atoms with Gasteiger partial charge in [0.15, 0.2) is 0 Å². The summed E-state index contributed by atoms with van der Waals surface area (Å²) in [6, 6.07) is 2.46. The van der Waals surface area contributed by atoms with Crippen molar-refractivity contribution in [2.45, 2.75) is 38.0 Å². The topological polar surface area (TPSA) is 48.7 Å². The van der Waals surface area contributed by atoms with Crippen molar-refractivity contribution in [1.82, 2.24) is 4.98 Å². The van der Waals surface area contributed by atoms with Crippen molar-refractivity contribution in [3.8, 4) is 6.07 Å². The molecule has 1 aromatic heterocycles. The van der Waals surface area contributed by atoms with Crippen LogP contribution >= 0.6 is 27.5 Å². The Kier molecular flexibility index (Phi) is 3.03. The molecule has 0 aromatic carbocycles. The average Bonchev–Trinajstić information content (AvgIpc) is 2.78. The molecule has 3 nitrogen and oxygen atoms in total. The summed E-state index contributed by atoms with van der Waals surface area (Å²) in [5.41, 5.74) is 1.02. The molecule has 100 valence electrons. The zero-order valence-corrected chi connectivity index (χ0v) is 13.1. The maximum atomic E-state index is 9.26. The first-order valence-corrected chi connectivity index (χ1v) is 7.66. The molecule has 0 radical (unpaired) electrons. The van der Waals surface area contributed by atoms with E-state index < -0.39 is 0 Å². The van der Waals surface area contributed by atoms with Crippen molar-refractivity contribution < 1.29 is 0 Å². The van der Waals surface area contributed by atoms with E-state index in [1.54, 1.807) is 6.20 Å². The molecule has 0 unspecified atom stereocenters. The van der Waals surface area contributed by atoms with Gasteiger partial charge >= 0.3 is 0 Å². The van der Waals surface area contributed by atoms with Crippen molar-refractivity contribution in [2.24, 2.45) is 5.41 Å². The molecule has 0 atom stereocenters. The molecule has 1 fully saturated rings. The molecule has 19 heavy (non-hydrogen) atoms. The van der Waals surface area contributed by atoms with Crippen LogP contribution in [0.4, 0.5) is 5.82 Å². The molecule has 0 saturated heterocycles. The Hall–Kier alpha value is -0.790. The van der Waals surface area contributed by atoms with E-state index >= 15 is 0 Å². The minimum absolute atomic E-state index is 0.0551. The Morgan fingerprint density at radius 3 is 2.74 bits per heavy atom. The summed E-state index contributed by atoms with van der Waals surface area (Å²) in [7, 11) is 0. The second-order valence-electron chi connectivity index (χ2n) is 5.95. The van der Waals surface area contributed by atoms with Gasteiger partial charge in [0.25, 0.3) is 0 Å². The van der Waals surface area contributed by atoms with Crippen molar-refractivity contribution in [1.29, 1.82) is 5.26 Å². The highest BCUT2D eigenvalue weighted by Gasteiger charge is 2.47. The third-order valence-electron chi connectivity index (χ3n) is 4.68. The average molecular weight is 341 g/mol. The van der Waals surface area contributed by atoms with Crippen LogP contribution in [-0.4, -0.2) is 11.5 Å². The molecule has 2 heterocycles. The maximum absolute atomic E-state index is 9.26. The quantitative estimate of drug-likeness (QED) is 0.767. The predicted molar refractivity (Wildman–Crippen MR) is 79.3 cm³/mol. The van der Waals surface area contributed by atoms with Gasteiger partial charge in [-0.3, -0.25) is 0 Å². The SMILES string of the molecule is C[C@]1(C#N)CC[C@@]2(CC1)CNc1ncc(Br)c(Cl)c12. The van der Waals surface area contributed by atoms with E-state index in [4.69, 9.17) is 11.6 Å². The number of halogens is 2. The van der Waals surface area contributed by atoms with Gasteiger partial charge in [0.1, 0.15) is 5.82 Å². The predicted octanol–water partition coefficient (Wildman–Crippen LogP) is 4.26. The van der Waals surface area contributed by atoms with E-state index in [0.717, 1.165) is 53.1 Å². The fraction of sp³-hybridized carbons (Fsp3) is 0.571. The second-order valence-corrected chi connectivity index (χ2v) is 7.18. The third kappa shape index (κ3) is 1.95. The molecule has 0 amide bonds. The van der Waals surface area contributed by atoms with Crippen LogP contribution in [0, 0.1) is 16.7 Å². The smallest absolute Gasteiger partial charge is 0.131 e. The normalized spacial score (nSPS) is 32.7. The molecule has 1 N–H and O–H groups in total. The molecule has 1 aromatic rings. The maximum Gasteiger partial charge on any atom is 0.131 e. The van der Waals surface area contributed by atoms with Crippen LogP contribution in [-0.2, 0) is 5.41 Å². The summed E-state index contributed by atoms with van der Waals surface area (Å²) in [4.78, 5) is 4.42. The number of pyridine rings is 1. The van der Waals surface area contributed by atoms with Gasteiger partial charge in [-0.25, -0.2) is 4.98 Å². The van der Waals surface area contributed by atoms with E-state index in [1.807, 2.05) is 0 Å². The lowest BCUT2D eigenvalue weighted by molar-refractivity contribution is 0.207. The van der Waals surface area contributed by atoms with E-state index in [0.29, 0.717) is 0 Å². The van der Waals surface area contributed by atoms with Crippen LogP contribution in [0.1, 0.15) is 38.2 Å². The van der Waals surface area contributed by atoms with Gasteiger partial charge in [0, 0.05) is 23.7 Å². The van der Waals surface area contributed by atoms with Crippen LogP contribution < -0.4 is 5.32 Å². The van der Waals surface area contributed by atoms with Crippen molar-refractivity contribution >= 4 is 33.3 Å². The molecule has 3 rings (SSSR count). The molecule has 1 aliphatic heterocycles. The van der Waals surface area contributed by atoms with Crippen LogP contribution in [0.15, 0.2) is 10.7 Å². The molecule has 1 aliphatic carbocycles. The molecule has 1 spiro atoms. The van der Waals surface area contributed by atoms with E-state index in [-0.39, 0.29) is 10.8 Å². The van der Waals surface area contributed by atoms with Crippen LogP contribution in [0.5, 0.6) is 0 Å². The highest BCUT2D eigenvalue weighted by atomic mass is 79.9. The standard InChI is InChI=1S/C14H15BrClN3/c1-13(7-17)2-4-14(5-3-13)8-19-12-10(14)11(16)9(15)6-18-12/h6H,2-5,8H2,1H3,(H,18,19)/t13-,14+. The Morgan fingerprint density at radius 2 is 2.11 bits per heavy atom. The summed E-state index contributed by atoms with van der Waals surface area (Å²) in [5.74, 6) is 0.911. The number of hydrogen-bond acceptors (Lipinski definition) is 3. The van der Waals surface area contributed by atoms with Gasteiger partial charge < -0.3 is 5.32 Å². The van der Waals surface area contributed by atoms with Gasteiger partial charge in [-0.05, 0) is 48.5 Å². The molecule has 2 aliphatic rings. The first kappa shape index (κ1) is 13.2. The monoisotopic (exact) mass is 339 g/mol. The molecular weight excluding hydrogens is 326 g/mol. The molecule has 1 saturated carbocycles. The highest BCUT2D eigenvalue weighted by molar-refractivity contribution is 9.10. The Bertz CT molecular complexity index is 571. The fourth-order valence-electron chi connectivity index (χ4n) is 3.24. The first-order valence-electron chi connectivity index (χ1n) is 6.49. The minimum atomic E-state index is -0.181. The molecule has 5 heteroatoms. The van der Waals surface area contributed by atoms with Crippen molar-refractivity contribution in [3.63, 3.8) is 0 Å². The third-order valence-corrected chi connectivity index (χ3v) is 5.90. The van der Waals surface area contributed by atoms with Crippen molar-refractivity contribution in [2.75, 3.05) is 11.9 Å². The number of anilines is 1. The lowest BCUT2D eigenvalue weighted by Crippen LogP contribution is -2.37. The molecule has 0 bridgehead atoms. The van der Waals surface area contributed by atoms with Crippen LogP contribution in [0.3, 0.4) is 0 Å². The Morgan fingerprint density at radius 1 is 1.42 bits per heavy atom. The Labute approximate surface area is 126 Å². The number of aromatic nitrogens is 1. The van der Waals surface area contributed by atoms with Crippen molar-refractivity contribution in [3.05, 3.63) is 21.3 Å². The van der Waals surface area contributed by atoms with E-state index in [9.17, 15) is 5.26 Å².